The molecule has 114 valence electrons. The minimum Gasteiger partial charge on any atom is -0.389 e. The summed E-state index contributed by atoms with van der Waals surface area (Å²) in [6.07, 6.45) is 1.54. The van der Waals surface area contributed by atoms with E-state index >= 15 is 0 Å². The molecule has 2 aliphatic heterocycles. The van der Waals surface area contributed by atoms with Gasteiger partial charge in [-0.2, -0.15) is 11.8 Å². The molecule has 21 heavy (non-hydrogen) atoms. The van der Waals surface area contributed by atoms with E-state index in [-0.39, 0.29) is 11.7 Å². The van der Waals surface area contributed by atoms with Crippen molar-refractivity contribution in [3.63, 3.8) is 0 Å². The zero-order valence-corrected chi connectivity index (χ0v) is 12.1. The molecule has 2 aliphatic rings. The van der Waals surface area contributed by atoms with Gasteiger partial charge in [0.15, 0.2) is 0 Å². The van der Waals surface area contributed by atoms with Crippen molar-refractivity contribution in [3.8, 4) is 0 Å². The highest BCUT2D eigenvalue weighted by atomic mass is 32.2. The maximum atomic E-state index is 11.7. The minimum absolute atomic E-state index is 0.149. The average molecular weight is 312 g/mol. The second-order valence-corrected chi connectivity index (χ2v) is 6.12. The Morgan fingerprint density at radius 2 is 2.05 bits per heavy atom. The normalized spacial score (nSPS) is 34.3. The highest BCUT2D eigenvalue weighted by Gasteiger charge is 2.46. The van der Waals surface area contributed by atoms with Crippen LogP contribution in [-0.2, 0) is 0 Å². The van der Waals surface area contributed by atoms with E-state index in [2.05, 4.69) is 20.3 Å². The second-order valence-electron chi connectivity index (χ2n) is 5.21. The monoisotopic (exact) mass is 312 g/mol. The van der Waals surface area contributed by atoms with Crippen LogP contribution in [0.3, 0.4) is 0 Å². The molecule has 1 unspecified atom stereocenters. The van der Waals surface area contributed by atoms with Crippen molar-refractivity contribution in [1.82, 2.24) is 15.3 Å². The molecule has 5 atom stereocenters. The quantitative estimate of drug-likeness (QED) is 0.452. The van der Waals surface area contributed by atoms with Crippen LogP contribution in [-0.4, -0.2) is 62.7 Å². The first-order chi connectivity index (χ1) is 10.0. The van der Waals surface area contributed by atoms with Gasteiger partial charge in [0, 0.05) is 24.1 Å². The minimum atomic E-state index is -0.993. The van der Waals surface area contributed by atoms with E-state index in [0.717, 1.165) is 0 Å². The number of aliphatic hydroxyl groups is 2. The van der Waals surface area contributed by atoms with Gasteiger partial charge in [0.25, 0.3) is 5.56 Å². The molecular weight excluding hydrogens is 296 g/mol. The Hall–Kier alpha value is -1.42. The standard InChI is InChI=1S/C12H16N4O4S/c1-21-3-5-9(17)10(18)7(14-5)4-2-13-8-6(4)15-12(20)16-11(8)19/h2,4-5,7,9-10,14,17-18H,3H2,1H3,(H2,15,16,19,20)/t4?,5-,7+,9-,10+/m1/s1. The second kappa shape index (κ2) is 5.41. The van der Waals surface area contributed by atoms with Gasteiger partial charge in [-0.1, -0.05) is 0 Å². The number of hydrogen-bond acceptors (Lipinski definition) is 7. The lowest BCUT2D eigenvalue weighted by Crippen LogP contribution is -2.40. The summed E-state index contributed by atoms with van der Waals surface area (Å²) >= 11 is 1.56. The number of aliphatic imine (C=N–C) groups is 1. The molecule has 0 aliphatic carbocycles. The summed E-state index contributed by atoms with van der Waals surface area (Å²) in [5, 5.41) is 23.5. The van der Waals surface area contributed by atoms with Crippen LogP contribution in [0.25, 0.3) is 0 Å². The van der Waals surface area contributed by atoms with Crippen LogP contribution in [0.15, 0.2) is 14.6 Å². The Labute approximate surface area is 123 Å². The van der Waals surface area contributed by atoms with Gasteiger partial charge < -0.3 is 20.5 Å². The van der Waals surface area contributed by atoms with Gasteiger partial charge in [-0.15, -0.1) is 0 Å². The summed E-state index contributed by atoms with van der Waals surface area (Å²) in [6.45, 7) is 0. The van der Waals surface area contributed by atoms with Crippen LogP contribution >= 0.6 is 11.8 Å². The van der Waals surface area contributed by atoms with Gasteiger partial charge in [0.2, 0.25) is 0 Å². The predicted octanol–water partition coefficient (Wildman–Crippen LogP) is -1.71. The summed E-state index contributed by atoms with van der Waals surface area (Å²) in [4.78, 5) is 31.8. The molecule has 1 fully saturated rings. The van der Waals surface area contributed by atoms with Gasteiger partial charge >= 0.3 is 5.69 Å². The van der Waals surface area contributed by atoms with E-state index < -0.39 is 35.4 Å². The van der Waals surface area contributed by atoms with Crippen LogP contribution < -0.4 is 16.6 Å². The van der Waals surface area contributed by atoms with Crippen LogP contribution in [0.4, 0.5) is 5.69 Å². The van der Waals surface area contributed by atoms with E-state index in [1.807, 2.05) is 6.26 Å². The zero-order valence-electron chi connectivity index (χ0n) is 11.2. The SMILES string of the molecule is CSC[C@H]1N[C@@H](C2C=Nc3c2[nH]c(=O)[nH]c3=O)[C@H](O)[C@@H]1O. The topological polar surface area (TPSA) is 131 Å². The van der Waals surface area contributed by atoms with Crippen molar-refractivity contribution < 1.29 is 10.2 Å². The van der Waals surface area contributed by atoms with E-state index in [9.17, 15) is 19.8 Å². The van der Waals surface area contributed by atoms with Crippen molar-refractivity contribution in [2.45, 2.75) is 30.2 Å². The fourth-order valence-electron chi connectivity index (χ4n) is 2.91. The fourth-order valence-corrected chi connectivity index (χ4v) is 3.56. The molecule has 0 radical (unpaired) electrons. The predicted molar refractivity (Wildman–Crippen MR) is 79.7 cm³/mol. The van der Waals surface area contributed by atoms with Gasteiger partial charge in [-0.3, -0.25) is 14.8 Å². The van der Waals surface area contributed by atoms with Crippen LogP contribution in [0.2, 0.25) is 0 Å². The Morgan fingerprint density at radius 3 is 2.76 bits per heavy atom. The van der Waals surface area contributed by atoms with Crippen molar-refractivity contribution in [3.05, 3.63) is 26.5 Å². The fraction of sp³-hybridized carbons (Fsp3) is 0.583. The number of fused-ring (bicyclic) bond motifs is 1. The Morgan fingerprint density at radius 1 is 1.29 bits per heavy atom. The van der Waals surface area contributed by atoms with Gasteiger partial charge in [-0.25, -0.2) is 4.79 Å². The van der Waals surface area contributed by atoms with Crippen LogP contribution in [0, 0.1) is 0 Å². The number of H-pyrrole nitrogens is 2. The first-order valence-corrected chi connectivity index (χ1v) is 7.94. The number of rotatable bonds is 3. The largest absolute Gasteiger partial charge is 0.389 e. The summed E-state index contributed by atoms with van der Waals surface area (Å²) in [7, 11) is 0. The molecule has 0 saturated carbocycles. The van der Waals surface area contributed by atoms with Gasteiger partial charge in [0.05, 0.1) is 23.8 Å². The number of nitrogens with one attached hydrogen (secondary N) is 3. The molecule has 3 rings (SSSR count). The molecule has 5 N–H and O–H groups in total. The first kappa shape index (κ1) is 14.5. The molecule has 0 aromatic carbocycles. The summed E-state index contributed by atoms with van der Waals surface area (Å²) in [5.74, 6) is 0.198. The Bertz CT molecular complexity index is 685. The third kappa shape index (κ3) is 2.35. The van der Waals surface area contributed by atoms with E-state index in [0.29, 0.717) is 11.4 Å². The highest BCUT2D eigenvalue weighted by Crippen LogP contribution is 2.33. The molecular formula is C12H16N4O4S. The van der Waals surface area contributed by atoms with Crippen LogP contribution in [0.5, 0.6) is 0 Å². The molecule has 1 saturated heterocycles. The van der Waals surface area contributed by atoms with Crippen molar-refractivity contribution in [2.75, 3.05) is 12.0 Å². The lowest BCUT2D eigenvalue weighted by Gasteiger charge is -2.21. The van der Waals surface area contributed by atoms with Crippen molar-refractivity contribution in [2.24, 2.45) is 4.99 Å². The van der Waals surface area contributed by atoms with E-state index in [1.54, 1.807) is 11.8 Å². The lowest BCUT2D eigenvalue weighted by molar-refractivity contribution is 0.0299. The van der Waals surface area contributed by atoms with E-state index in [4.69, 9.17) is 0 Å². The summed E-state index contributed by atoms with van der Waals surface area (Å²) < 4.78 is 0. The third-order valence-corrected chi connectivity index (χ3v) is 4.61. The maximum absolute atomic E-state index is 11.7. The molecule has 9 heteroatoms. The maximum Gasteiger partial charge on any atom is 0.326 e. The Balaban J connectivity index is 1.93. The molecule has 0 spiro atoms. The van der Waals surface area contributed by atoms with Crippen LogP contribution in [0.1, 0.15) is 11.6 Å². The van der Waals surface area contributed by atoms with Gasteiger partial charge in [-0.05, 0) is 6.26 Å². The van der Waals surface area contributed by atoms with E-state index in [1.165, 1.54) is 6.21 Å². The molecule has 0 bridgehead atoms. The highest BCUT2D eigenvalue weighted by molar-refractivity contribution is 7.98. The zero-order chi connectivity index (χ0) is 15.1. The number of hydrogen-bond donors (Lipinski definition) is 5. The molecule has 3 heterocycles. The average Bonchev–Trinajstić information content (AvgIpc) is 2.96. The van der Waals surface area contributed by atoms with Crippen molar-refractivity contribution in [1.29, 1.82) is 0 Å². The third-order valence-electron chi connectivity index (χ3n) is 3.91. The molecule has 8 nitrogen and oxygen atoms in total. The molecule has 1 aromatic heterocycles. The number of aromatic amines is 2. The smallest absolute Gasteiger partial charge is 0.326 e. The number of thioether (sulfide) groups is 1. The summed E-state index contributed by atoms with van der Waals surface area (Å²) in [6, 6.07) is -0.745. The first-order valence-electron chi connectivity index (χ1n) is 6.54. The van der Waals surface area contributed by atoms with Gasteiger partial charge in [0.1, 0.15) is 5.69 Å². The summed E-state index contributed by atoms with van der Waals surface area (Å²) in [5.41, 5.74) is -0.641. The molecule has 0 amide bonds. The number of aromatic nitrogens is 2. The number of aliphatic hydroxyl groups excluding tert-OH is 2. The van der Waals surface area contributed by atoms with Crippen molar-refractivity contribution >= 4 is 23.7 Å². The Kier molecular flexibility index (Phi) is 3.74. The molecule has 1 aromatic rings. The number of nitrogens with zero attached hydrogens (tertiary/aromatic N) is 1. The lowest BCUT2D eigenvalue weighted by atomic mass is 9.94.